The van der Waals surface area contributed by atoms with E-state index in [0.717, 1.165) is 23.6 Å². The highest BCUT2D eigenvalue weighted by molar-refractivity contribution is 7.13. The fourth-order valence-corrected chi connectivity index (χ4v) is 2.18. The molecule has 2 heterocycles. The predicted molar refractivity (Wildman–Crippen MR) is 64.2 cm³/mol. The molecule has 2 rings (SSSR count). The molecule has 0 aliphatic rings. The van der Waals surface area contributed by atoms with Crippen LogP contribution in [0.2, 0.25) is 0 Å². The molecule has 0 fully saturated rings. The topological polar surface area (TPSA) is 37.8 Å². The van der Waals surface area contributed by atoms with E-state index in [4.69, 9.17) is 0 Å². The summed E-state index contributed by atoms with van der Waals surface area (Å²) in [6.45, 7) is 4.97. The van der Waals surface area contributed by atoms with Crippen LogP contribution in [0.5, 0.6) is 0 Å². The van der Waals surface area contributed by atoms with Crippen molar-refractivity contribution in [3.63, 3.8) is 0 Å². The molecule has 78 valence electrons. The van der Waals surface area contributed by atoms with Crippen LogP contribution in [0.25, 0.3) is 10.6 Å². The van der Waals surface area contributed by atoms with Gasteiger partial charge in [0, 0.05) is 6.54 Å². The molecule has 1 N–H and O–H groups in total. The summed E-state index contributed by atoms with van der Waals surface area (Å²) < 4.78 is 0. The van der Waals surface area contributed by atoms with Crippen molar-refractivity contribution < 1.29 is 0 Å². The third kappa shape index (κ3) is 2.15. The summed E-state index contributed by atoms with van der Waals surface area (Å²) in [6, 6.07) is 6.12. The van der Waals surface area contributed by atoms with Crippen molar-refractivity contribution in [2.45, 2.75) is 13.8 Å². The molecular formula is C11H13N3S. The summed E-state index contributed by atoms with van der Waals surface area (Å²) in [5, 5.41) is 13.6. The van der Waals surface area contributed by atoms with Gasteiger partial charge in [0.2, 0.25) is 0 Å². The smallest absolute Gasteiger partial charge is 0.148 e. The maximum Gasteiger partial charge on any atom is 0.148 e. The van der Waals surface area contributed by atoms with Gasteiger partial charge in [0.15, 0.2) is 0 Å². The molecule has 0 radical (unpaired) electrons. The van der Waals surface area contributed by atoms with Gasteiger partial charge in [0.1, 0.15) is 11.5 Å². The Kier molecular flexibility index (Phi) is 2.97. The van der Waals surface area contributed by atoms with E-state index < -0.39 is 0 Å². The predicted octanol–water partition coefficient (Wildman–Crippen LogP) is 2.95. The SMILES string of the molecule is CCNc1cc(C)c(-c2cccs2)nn1. The first-order chi connectivity index (χ1) is 7.31. The fraction of sp³-hybridized carbons (Fsp3) is 0.273. The van der Waals surface area contributed by atoms with Crippen molar-refractivity contribution in [2.24, 2.45) is 0 Å². The van der Waals surface area contributed by atoms with Crippen LogP contribution in [0.15, 0.2) is 23.6 Å². The zero-order valence-corrected chi connectivity index (χ0v) is 9.64. The Labute approximate surface area is 93.2 Å². The first-order valence-electron chi connectivity index (χ1n) is 4.93. The van der Waals surface area contributed by atoms with Gasteiger partial charge in [0.25, 0.3) is 0 Å². The Morgan fingerprint density at radius 3 is 2.87 bits per heavy atom. The van der Waals surface area contributed by atoms with Gasteiger partial charge in [-0.25, -0.2) is 0 Å². The van der Waals surface area contributed by atoms with E-state index in [1.165, 1.54) is 4.88 Å². The molecule has 0 spiro atoms. The Morgan fingerprint density at radius 2 is 2.27 bits per heavy atom. The van der Waals surface area contributed by atoms with Crippen molar-refractivity contribution >= 4 is 17.2 Å². The number of rotatable bonds is 3. The lowest BCUT2D eigenvalue weighted by molar-refractivity contribution is 1.01. The highest BCUT2D eigenvalue weighted by Gasteiger charge is 2.06. The number of nitrogens with one attached hydrogen (secondary N) is 1. The summed E-state index contributed by atoms with van der Waals surface area (Å²) in [5.41, 5.74) is 2.13. The van der Waals surface area contributed by atoms with Gasteiger partial charge in [-0.15, -0.1) is 21.5 Å². The molecule has 4 heteroatoms. The standard InChI is InChI=1S/C11H13N3S/c1-3-12-10-7-8(2)11(14-13-10)9-5-4-6-15-9/h4-7H,3H2,1-2H3,(H,12,13). The van der Waals surface area contributed by atoms with Gasteiger partial charge >= 0.3 is 0 Å². The van der Waals surface area contributed by atoms with Gasteiger partial charge in [-0.1, -0.05) is 6.07 Å². The lowest BCUT2D eigenvalue weighted by atomic mass is 10.2. The Hall–Kier alpha value is -1.42. The van der Waals surface area contributed by atoms with Crippen LogP contribution in [-0.2, 0) is 0 Å². The molecule has 0 amide bonds. The normalized spacial score (nSPS) is 10.3. The van der Waals surface area contributed by atoms with Crippen LogP contribution < -0.4 is 5.32 Å². The van der Waals surface area contributed by atoms with E-state index in [9.17, 15) is 0 Å². The molecule has 2 aromatic heterocycles. The van der Waals surface area contributed by atoms with E-state index in [0.29, 0.717) is 0 Å². The number of aromatic nitrogens is 2. The second-order valence-electron chi connectivity index (χ2n) is 3.27. The first-order valence-corrected chi connectivity index (χ1v) is 5.81. The zero-order valence-electron chi connectivity index (χ0n) is 8.82. The number of anilines is 1. The van der Waals surface area contributed by atoms with E-state index in [1.807, 2.05) is 19.1 Å². The van der Waals surface area contributed by atoms with E-state index >= 15 is 0 Å². The summed E-state index contributed by atoms with van der Waals surface area (Å²) in [7, 11) is 0. The van der Waals surface area contributed by atoms with Crippen LogP contribution in [0.4, 0.5) is 5.82 Å². The van der Waals surface area contributed by atoms with E-state index in [1.54, 1.807) is 11.3 Å². The molecule has 0 aromatic carbocycles. The minimum atomic E-state index is 0.843. The first kappa shape index (κ1) is 10.1. The van der Waals surface area contributed by atoms with Gasteiger partial charge in [-0.05, 0) is 36.9 Å². The lowest BCUT2D eigenvalue weighted by Crippen LogP contribution is -2.02. The average Bonchev–Trinajstić information content (AvgIpc) is 2.71. The Bertz CT molecular complexity index is 437. The second-order valence-corrected chi connectivity index (χ2v) is 4.22. The van der Waals surface area contributed by atoms with Crippen LogP contribution in [-0.4, -0.2) is 16.7 Å². The van der Waals surface area contributed by atoms with Crippen molar-refractivity contribution in [3.05, 3.63) is 29.1 Å². The molecule has 0 saturated heterocycles. The molecule has 0 unspecified atom stereocenters. The molecule has 0 atom stereocenters. The maximum absolute atomic E-state index is 4.24. The number of nitrogens with zero attached hydrogens (tertiary/aromatic N) is 2. The maximum atomic E-state index is 4.24. The number of hydrogen-bond donors (Lipinski definition) is 1. The molecule has 3 nitrogen and oxygen atoms in total. The quantitative estimate of drug-likeness (QED) is 0.862. The van der Waals surface area contributed by atoms with Gasteiger partial charge < -0.3 is 5.32 Å². The second kappa shape index (κ2) is 4.40. The van der Waals surface area contributed by atoms with Crippen molar-refractivity contribution in [1.29, 1.82) is 0 Å². The minimum Gasteiger partial charge on any atom is -0.369 e. The largest absolute Gasteiger partial charge is 0.369 e. The van der Waals surface area contributed by atoms with Crippen molar-refractivity contribution in [2.75, 3.05) is 11.9 Å². The Morgan fingerprint density at radius 1 is 1.40 bits per heavy atom. The van der Waals surface area contributed by atoms with Crippen LogP contribution in [0, 0.1) is 6.92 Å². The van der Waals surface area contributed by atoms with Gasteiger partial charge in [-0.3, -0.25) is 0 Å². The average molecular weight is 219 g/mol. The number of hydrogen-bond acceptors (Lipinski definition) is 4. The summed E-state index contributed by atoms with van der Waals surface area (Å²) in [6.07, 6.45) is 0. The highest BCUT2D eigenvalue weighted by Crippen LogP contribution is 2.25. The van der Waals surface area contributed by atoms with E-state index in [-0.39, 0.29) is 0 Å². The molecule has 0 saturated carbocycles. The summed E-state index contributed by atoms with van der Waals surface area (Å²) >= 11 is 1.69. The number of aryl methyl sites for hydroxylation is 1. The molecule has 2 aromatic rings. The van der Waals surface area contributed by atoms with Crippen LogP contribution >= 0.6 is 11.3 Å². The monoisotopic (exact) mass is 219 g/mol. The number of thiophene rings is 1. The van der Waals surface area contributed by atoms with Gasteiger partial charge in [-0.2, -0.15) is 0 Å². The third-order valence-electron chi connectivity index (χ3n) is 2.10. The molecule has 0 aliphatic heterocycles. The third-order valence-corrected chi connectivity index (χ3v) is 2.97. The Balaban J connectivity index is 2.35. The summed E-state index contributed by atoms with van der Waals surface area (Å²) in [5.74, 6) is 0.843. The molecular weight excluding hydrogens is 206 g/mol. The molecule has 0 aliphatic carbocycles. The lowest BCUT2D eigenvalue weighted by Gasteiger charge is -2.05. The highest BCUT2D eigenvalue weighted by atomic mass is 32.1. The van der Waals surface area contributed by atoms with Gasteiger partial charge in [0.05, 0.1) is 4.88 Å². The zero-order chi connectivity index (χ0) is 10.7. The van der Waals surface area contributed by atoms with Crippen LogP contribution in [0.3, 0.4) is 0 Å². The van der Waals surface area contributed by atoms with E-state index in [2.05, 4.69) is 33.9 Å². The van der Waals surface area contributed by atoms with Crippen LogP contribution in [0.1, 0.15) is 12.5 Å². The molecule has 15 heavy (non-hydrogen) atoms. The fourth-order valence-electron chi connectivity index (χ4n) is 1.41. The summed E-state index contributed by atoms with van der Waals surface area (Å²) in [4.78, 5) is 1.17. The van der Waals surface area contributed by atoms with Crippen molar-refractivity contribution in [1.82, 2.24) is 10.2 Å². The minimum absolute atomic E-state index is 0.843. The molecule has 0 bridgehead atoms. The van der Waals surface area contributed by atoms with Crippen molar-refractivity contribution in [3.8, 4) is 10.6 Å².